The standard InChI is InChI=1S/C17H25N3O2S/c1-11-9-12(2)17(13(3)10-11)23(21,22)18-8-7-16-14(4)19-20(6)15(16)5/h9-10,18H,7-8H2,1-6H3. The van der Waals surface area contributed by atoms with E-state index >= 15 is 0 Å². The third kappa shape index (κ3) is 3.64. The Morgan fingerprint density at radius 2 is 1.65 bits per heavy atom. The summed E-state index contributed by atoms with van der Waals surface area (Å²) in [7, 11) is -1.61. The number of hydrogen-bond acceptors (Lipinski definition) is 3. The maximum absolute atomic E-state index is 12.6. The smallest absolute Gasteiger partial charge is 0.241 e. The highest BCUT2D eigenvalue weighted by molar-refractivity contribution is 7.89. The van der Waals surface area contributed by atoms with Crippen molar-refractivity contribution in [3.05, 3.63) is 45.8 Å². The van der Waals surface area contributed by atoms with Crippen LogP contribution in [0.15, 0.2) is 17.0 Å². The highest BCUT2D eigenvalue weighted by Crippen LogP contribution is 2.21. The Balaban J connectivity index is 2.17. The predicted octanol–water partition coefficient (Wildman–Crippen LogP) is 2.48. The number of sulfonamides is 1. The molecule has 0 unspecified atom stereocenters. The van der Waals surface area contributed by atoms with Gasteiger partial charge in [-0.3, -0.25) is 4.68 Å². The SMILES string of the molecule is Cc1cc(C)c(S(=O)(=O)NCCc2c(C)nn(C)c2C)c(C)c1. The molecule has 1 aromatic heterocycles. The fraction of sp³-hybridized carbons (Fsp3) is 0.471. The van der Waals surface area contributed by atoms with E-state index in [4.69, 9.17) is 0 Å². The Morgan fingerprint density at radius 1 is 1.09 bits per heavy atom. The molecule has 0 spiro atoms. The van der Waals surface area contributed by atoms with Gasteiger partial charge in [0.15, 0.2) is 0 Å². The minimum atomic E-state index is -3.50. The van der Waals surface area contributed by atoms with Crippen molar-refractivity contribution in [2.24, 2.45) is 7.05 Å². The normalized spacial score (nSPS) is 11.9. The van der Waals surface area contributed by atoms with E-state index in [0.29, 0.717) is 17.9 Å². The van der Waals surface area contributed by atoms with Crippen LogP contribution in [-0.2, 0) is 23.5 Å². The zero-order valence-corrected chi connectivity index (χ0v) is 15.5. The number of aryl methyl sites for hydroxylation is 5. The summed E-state index contributed by atoms with van der Waals surface area (Å²) in [6.45, 7) is 9.96. The molecule has 0 amide bonds. The molecular weight excluding hydrogens is 310 g/mol. The van der Waals surface area contributed by atoms with Crippen molar-refractivity contribution in [1.29, 1.82) is 0 Å². The van der Waals surface area contributed by atoms with Gasteiger partial charge in [-0.1, -0.05) is 17.7 Å². The third-order valence-corrected chi connectivity index (χ3v) is 5.96. The van der Waals surface area contributed by atoms with Gasteiger partial charge in [0.2, 0.25) is 10.0 Å². The number of rotatable bonds is 5. The van der Waals surface area contributed by atoms with Crippen LogP contribution in [0.3, 0.4) is 0 Å². The van der Waals surface area contributed by atoms with Crippen LogP contribution < -0.4 is 4.72 Å². The van der Waals surface area contributed by atoms with E-state index in [2.05, 4.69) is 9.82 Å². The lowest BCUT2D eigenvalue weighted by molar-refractivity contribution is 0.580. The minimum absolute atomic E-state index is 0.364. The molecular formula is C17H25N3O2S. The second kappa shape index (κ2) is 6.45. The lowest BCUT2D eigenvalue weighted by Gasteiger charge is -2.13. The first kappa shape index (κ1) is 17.7. The van der Waals surface area contributed by atoms with Gasteiger partial charge < -0.3 is 0 Å². The van der Waals surface area contributed by atoms with Crippen LogP contribution >= 0.6 is 0 Å². The molecule has 0 atom stereocenters. The van der Waals surface area contributed by atoms with Crippen LogP contribution in [0.1, 0.15) is 33.6 Å². The summed E-state index contributed by atoms with van der Waals surface area (Å²) < 4.78 is 29.8. The first-order chi connectivity index (χ1) is 10.6. The van der Waals surface area contributed by atoms with E-state index < -0.39 is 10.0 Å². The zero-order chi connectivity index (χ0) is 17.4. The van der Waals surface area contributed by atoms with Crippen molar-refractivity contribution in [1.82, 2.24) is 14.5 Å². The van der Waals surface area contributed by atoms with E-state index in [0.717, 1.165) is 33.6 Å². The molecule has 0 aliphatic carbocycles. The molecule has 0 saturated heterocycles. The van der Waals surface area contributed by atoms with E-state index in [-0.39, 0.29) is 0 Å². The average molecular weight is 335 g/mol. The number of nitrogens with one attached hydrogen (secondary N) is 1. The third-order valence-electron chi connectivity index (χ3n) is 4.20. The zero-order valence-electron chi connectivity index (χ0n) is 14.7. The van der Waals surface area contributed by atoms with Gasteiger partial charge in [0, 0.05) is 19.3 Å². The van der Waals surface area contributed by atoms with Crippen molar-refractivity contribution >= 4 is 10.0 Å². The van der Waals surface area contributed by atoms with Crippen molar-refractivity contribution in [3.63, 3.8) is 0 Å². The Bertz CT molecular complexity index is 813. The molecule has 1 N–H and O–H groups in total. The van der Waals surface area contributed by atoms with Crippen LogP contribution in [-0.4, -0.2) is 24.7 Å². The molecule has 0 radical (unpaired) electrons. The summed E-state index contributed by atoms with van der Waals surface area (Å²) in [6.07, 6.45) is 0.634. The second-order valence-corrected chi connectivity index (χ2v) is 7.85. The predicted molar refractivity (Wildman–Crippen MR) is 92.2 cm³/mol. The van der Waals surface area contributed by atoms with Crippen molar-refractivity contribution < 1.29 is 8.42 Å². The number of hydrogen-bond donors (Lipinski definition) is 1. The summed E-state index contributed by atoms with van der Waals surface area (Å²) in [4.78, 5) is 0.391. The van der Waals surface area contributed by atoms with E-state index in [1.54, 1.807) is 0 Å². The van der Waals surface area contributed by atoms with Crippen LogP contribution in [0, 0.1) is 34.6 Å². The van der Waals surface area contributed by atoms with Crippen LogP contribution in [0.2, 0.25) is 0 Å². The van der Waals surface area contributed by atoms with Crippen molar-refractivity contribution in [2.75, 3.05) is 6.54 Å². The Morgan fingerprint density at radius 3 is 2.13 bits per heavy atom. The fourth-order valence-corrected chi connectivity index (χ4v) is 4.63. The van der Waals surface area contributed by atoms with Crippen molar-refractivity contribution in [2.45, 2.75) is 45.9 Å². The Labute approximate surface area is 138 Å². The molecule has 126 valence electrons. The Hall–Kier alpha value is -1.66. The van der Waals surface area contributed by atoms with Gasteiger partial charge in [0.05, 0.1) is 10.6 Å². The van der Waals surface area contributed by atoms with E-state index in [9.17, 15) is 8.42 Å². The highest BCUT2D eigenvalue weighted by atomic mass is 32.2. The molecule has 6 heteroatoms. The molecule has 1 heterocycles. The van der Waals surface area contributed by atoms with Gasteiger partial charge in [-0.25, -0.2) is 13.1 Å². The summed E-state index contributed by atoms with van der Waals surface area (Å²) in [5, 5.41) is 4.36. The Kier molecular flexibility index (Phi) is 4.96. The second-order valence-electron chi connectivity index (χ2n) is 6.15. The van der Waals surface area contributed by atoms with Gasteiger partial charge in [-0.05, 0) is 57.7 Å². The summed E-state index contributed by atoms with van der Waals surface area (Å²) >= 11 is 0. The largest absolute Gasteiger partial charge is 0.272 e. The van der Waals surface area contributed by atoms with Crippen LogP contribution in [0.5, 0.6) is 0 Å². The summed E-state index contributed by atoms with van der Waals surface area (Å²) in [5.74, 6) is 0. The molecule has 2 aromatic rings. The summed E-state index contributed by atoms with van der Waals surface area (Å²) in [6, 6.07) is 3.80. The van der Waals surface area contributed by atoms with Crippen molar-refractivity contribution in [3.8, 4) is 0 Å². The first-order valence-corrected chi connectivity index (χ1v) is 9.18. The van der Waals surface area contributed by atoms with Gasteiger partial charge >= 0.3 is 0 Å². The van der Waals surface area contributed by atoms with E-state index in [1.165, 1.54) is 0 Å². The van der Waals surface area contributed by atoms with Gasteiger partial charge in [-0.2, -0.15) is 5.10 Å². The lowest BCUT2D eigenvalue weighted by Crippen LogP contribution is -2.27. The van der Waals surface area contributed by atoms with E-state index in [1.807, 2.05) is 58.5 Å². The van der Waals surface area contributed by atoms with Gasteiger partial charge in [-0.15, -0.1) is 0 Å². The fourth-order valence-electron chi connectivity index (χ4n) is 3.15. The average Bonchev–Trinajstić information content (AvgIpc) is 2.63. The molecule has 0 saturated carbocycles. The maximum Gasteiger partial charge on any atom is 0.241 e. The lowest BCUT2D eigenvalue weighted by atomic mass is 10.1. The monoisotopic (exact) mass is 335 g/mol. The summed E-state index contributed by atoms with van der Waals surface area (Å²) in [5.41, 5.74) is 5.76. The quantitative estimate of drug-likeness (QED) is 0.913. The molecule has 0 aliphatic rings. The molecule has 23 heavy (non-hydrogen) atoms. The molecule has 2 rings (SSSR count). The number of benzene rings is 1. The number of nitrogens with zero attached hydrogens (tertiary/aromatic N) is 2. The molecule has 5 nitrogen and oxygen atoms in total. The van der Waals surface area contributed by atoms with Crippen LogP contribution in [0.25, 0.3) is 0 Å². The molecule has 0 aliphatic heterocycles. The van der Waals surface area contributed by atoms with Crippen LogP contribution in [0.4, 0.5) is 0 Å². The van der Waals surface area contributed by atoms with Gasteiger partial charge in [0.1, 0.15) is 0 Å². The molecule has 0 bridgehead atoms. The topological polar surface area (TPSA) is 64.0 Å². The molecule has 0 fully saturated rings. The minimum Gasteiger partial charge on any atom is -0.272 e. The highest BCUT2D eigenvalue weighted by Gasteiger charge is 2.20. The van der Waals surface area contributed by atoms with Gasteiger partial charge in [0.25, 0.3) is 0 Å². The number of aromatic nitrogens is 2. The maximum atomic E-state index is 12.6. The molecule has 1 aromatic carbocycles. The first-order valence-electron chi connectivity index (χ1n) is 7.70.